The largest absolute Gasteiger partial charge is 0.353 e. The second-order valence-electron chi connectivity index (χ2n) is 6.81. The highest BCUT2D eigenvalue weighted by atomic mass is 19.1. The normalized spacial score (nSPS) is 16.6. The van der Waals surface area contributed by atoms with E-state index in [4.69, 9.17) is 0 Å². The summed E-state index contributed by atoms with van der Waals surface area (Å²) < 4.78 is 15.2. The summed E-state index contributed by atoms with van der Waals surface area (Å²) >= 11 is 0. The number of aryl methyl sites for hydroxylation is 1. The van der Waals surface area contributed by atoms with Crippen LogP contribution in [0.4, 0.5) is 4.39 Å². The fraction of sp³-hybridized carbons (Fsp3) is 0.286. The molecule has 4 heteroatoms. The lowest BCUT2D eigenvalue weighted by Crippen LogP contribution is -2.39. The summed E-state index contributed by atoms with van der Waals surface area (Å²) in [4.78, 5) is 12.3. The van der Waals surface area contributed by atoms with Crippen molar-refractivity contribution < 1.29 is 9.18 Å². The van der Waals surface area contributed by atoms with Gasteiger partial charge in [-0.05, 0) is 48.6 Å². The Labute approximate surface area is 146 Å². The molecule has 0 radical (unpaired) electrons. The van der Waals surface area contributed by atoms with E-state index in [1.54, 1.807) is 12.1 Å². The maximum atomic E-state index is 13.0. The second-order valence-corrected chi connectivity index (χ2v) is 6.81. The number of rotatable bonds is 3. The third-order valence-electron chi connectivity index (χ3n) is 5.17. The quantitative estimate of drug-likeness (QED) is 0.780. The minimum absolute atomic E-state index is 0.000273. The van der Waals surface area contributed by atoms with Gasteiger partial charge in [-0.15, -0.1) is 0 Å². The highest BCUT2D eigenvalue weighted by molar-refractivity contribution is 5.86. The zero-order chi connectivity index (χ0) is 17.4. The van der Waals surface area contributed by atoms with E-state index in [2.05, 4.69) is 41.2 Å². The van der Waals surface area contributed by atoms with Crippen LogP contribution in [0.1, 0.15) is 23.2 Å². The second kappa shape index (κ2) is 6.36. The molecule has 0 spiro atoms. The average molecular weight is 336 g/mol. The Bertz CT molecular complexity index is 927. The van der Waals surface area contributed by atoms with Gasteiger partial charge in [0.25, 0.3) is 0 Å². The minimum atomic E-state index is -0.278. The Morgan fingerprint density at radius 2 is 1.96 bits per heavy atom. The van der Waals surface area contributed by atoms with Gasteiger partial charge in [0.05, 0.1) is 6.42 Å². The van der Waals surface area contributed by atoms with Crippen LogP contribution in [0.2, 0.25) is 0 Å². The molecule has 0 fully saturated rings. The number of halogens is 1. The fourth-order valence-corrected chi connectivity index (χ4v) is 3.92. The number of benzene rings is 2. The first-order valence-corrected chi connectivity index (χ1v) is 8.71. The average Bonchev–Trinajstić information content (AvgIpc) is 2.90. The first kappa shape index (κ1) is 15.9. The predicted octanol–water partition coefficient (Wildman–Crippen LogP) is 3.53. The van der Waals surface area contributed by atoms with Crippen LogP contribution in [0, 0.1) is 5.82 Å². The minimum Gasteiger partial charge on any atom is -0.353 e. The predicted molar refractivity (Wildman–Crippen MR) is 97.0 cm³/mol. The summed E-state index contributed by atoms with van der Waals surface area (Å²) in [7, 11) is 2.12. The topological polar surface area (TPSA) is 34.0 Å². The summed E-state index contributed by atoms with van der Waals surface area (Å²) in [6, 6.07) is 14.7. The molecule has 3 aromatic rings. The van der Waals surface area contributed by atoms with Gasteiger partial charge in [-0.25, -0.2) is 4.39 Å². The van der Waals surface area contributed by atoms with Crippen LogP contribution in [0.15, 0.2) is 48.5 Å². The van der Waals surface area contributed by atoms with Crippen LogP contribution in [0.25, 0.3) is 10.9 Å². The number of carbonyl (C=O) groups excluding carboxylic acids is 1. The number of fused-ring (bicyclic) bond motifs is 3. The first-order chi connectivity index (χ1) is 12.1. The molecule has 1 heterocycles. The van der Waals surface area contributed by atoms with Crippen LogP contribution in [-0.4, -0.2) is 16.5 Å². The zero-order valence-corrected chi connectivity index (χ0v) is 14.3. The number of para-hydroxylation sites is 1. The molecule has 1 amide bonds. The number of nitrogens with zero attached hydrogens (tertiary/aromatic N) is 1. The Balaban J connectivity index is 1.48. The number of hydrogen-bond acceptors (Lipinski definition) is 1. The molecule has 0 saturated carbocycles. The third kappa shape index (κ3) is 3.04. The molecule has 3 nitrogen and oxygen atoms in total. The van der Waals surface area contributed by atoms with Crippen molar-refractivity contribution in [1.29, 1.82) is 0 Å². The molecule has 4 rings (SSSR count). The molecule has 1 aliphatic rings. The van der Waals surface area contributed by atoms with Crippen LogP contribution < -0.4 is 5.32 Å². The molecule has 2 aromatic carbocycles. The van der Waals surface area contributed by atoms with E-state index >= 15 is 0 Å². The molecule has 0 saturated heterocycles. The number of hydrogen-bond donors (Lipinski definition) is 1. The molecule has 1 aromatic heterocycles. The molecule has 1 atom stereocenters. The zero-order valence-electron chi connectivity index (χ0n) is 14.3. The summed E-state index contributed by atoms with van der Waals surface area (Å²) in [6.45, 7) is 0. The van der Waals surface area contributed by atoms with E-state index < -0.39 is 0 Å². The van der Waals surface area contributed by atoms with Crippen molar-refractivity contribution >= 4 is 16.8 Å². The van der Waals surface area contributed by atoms with Gasteiger partial charge in [-0.1, -0.05) is 30.3 Å². The highest BCUT2D eigenvalue weighted by Crippen LogP contribution is 2.31. The molecule has 1 aliphatic carbocycles. The Morgan fingerprint density at radius 3 is 2.76 bits per heavy atom. The van der Waals surface area contributed by atoms with Crippen molar-refractivity contribution in [2.75, 3.05) is 0 Å². The molecule has 128 valence electrons. The lowest BCUT2D eigenvalue weighted by molar-refractivity contribution is -0.121. The SMILES string of the molecule is Cn1c2c(c3ccccc31)CC(NC(=O)Cc1ccc(F)cc1)CC2. The Kier molecular flexibility index (Phi) is 4.04. The van der Waals surface area contributed by atoms with Crippen molar-refractivity contribution in [1.82, 2.24) is 9.88 Å². The van der Waals surface area contributed by atoms with Crippen molar-refractivity contribution in [3.05, 3.63) is 71.2 Å². The van der Waals surface area contributed by atoms with Gasteiger partial charge in [0.1, 0.15) is 5.82 Å². The number of aromatic nitrogens is 1. The van der Waals surface area contributed by atoms with E-state index in [-0.39, 0.29) is 17.8 Å². The third-order valence-corrected chi connectivity index (χ3v) is 5.17. The lowest BCUT2D eigenvalue weighted by Gasteiger charge is -2.24. The molecule has 25 heavy (non-hydrogen) atoms. The Morgan fingerprint density at radius 1 is 1.20 bits per heavy atom. The smallest absolute Gasteiger partial charge is 0.224 e. The summed E-state index contributed by atoms with van der Waals surface area (Å²) in [6.07, 6.45) is 3.08. The fourth-order valence-electron chi connectivity index (χ4n) is 3.92. The Hall–Kier alpha value is -2.62. The molecule has 0 bridgehead atoms. The van der Waals surface area contributed by atoms with Gasteiger partial charge in [0.2, 0.25) is 5.91 Å². The van der Waals surface area contributed by atoms with Gasteiger partial charge in [-0.2, -0.15) is 0 Å². The van der Waals surface area contributed by atoms with Crippen molar-refractivity contribution in [3.8, 4) is 0 Å². The molecule has 1 unspecified atom stereocenters. The first-order valence-electron chi connectivity index (χ1n) is 8.71. The van der Waals surface area contributed by atoms with Gasteiger partial charge < -0.3 is 9.88 Å². The van der Waals surface area contributed by atoms with Gasteiger partial charge in [-0.3, -0.25) is 4.79 Å². The van der Waals surface area contributed by atoms with Gasteiger partial charge in [0.15, 0.2) is 0 Å². The van der Waals surface area contributed by atoms with Gasteiger partial charge in [0, 0.05) is 29.7 Å². The number of carbonyl (C=O) groups is 1. The van der Waals surface area contributed by atoms with E-state index in [9.17, 15) is 9.18 Å². The lowest BCUT2D eigenvalue weighted by atomic mass is 9.91. The van der Waals surface area contributed by atoms with E-state index in [1.807, 2.05) is 0 Å². The van der Waals surface area contributed by atoms with Crippen LogP contribution in [-0.2, 0) is 31.1 Å². The van der Waals surface area contributed by atoms with Crippen LogP contribution in [0.3, 0.4) is 0 Å². The molecule has 1 N–H and O–H groups in total. The monoisotopic (exact) mass is 336 g/mol. The maximum Gasteiger partial charge on any atom is 0.224 e. The van der Waals surface area contributed by atoms with Crippen molar-refractivity contribution in [2.45, 2.75) is 31.7 Å². The van der Waals surface area contributed by atoms with E-state index in [0.717, 1.165) is 24.8 Å². The molecule has 0 aliphatic heterocycles. The van der Waals surface area contributed by atoms with Crippen molar-refractivity contribution in [2.24, 2.45) is 7.05 Å². The van der Waals surface area contributed by atoms with E-state index in [1.165, 1.54) is 34.3 Å². The molecular formula is C21H21FN2O. The van der Waals surface area contributed by atoms with Gasteiger partial charge >= 0.3 is 0 Å². The summed E-state index contributed by atoms with van der Waals surface area (Å²) in [5.74, 6) is -0.278. The summed E-state index contributed by atoms with van der Waals surface area (Å²) in [5.41, 5.74) is 4.83. The van der Waals surface area contributed by atoms with E-state index in [0.29, 0.717) is 6.42 Å². The highest BCUT2D eigenvalue weighted by Gasteiger charge is 2.25. The number of amides is 1. The van der Waals surface area contributed by atoms with Crippen LogP contribution in [0.5, 0.6) is 0 Å². The molecular weight excluding hydrogens is 315 g/mol. The standard InChI is InChI=1S/C21H21FN2O/c1-24-19-5-3-2-4-17(19)18-13-16(10-11-20(18)24)23-21(25)12-14-6-8-15(22)9-7-14/h2-9,16H,10-13H2,1H3,(H,23,25). The summed E-state index contributed by atoms with van der Waals surface area (Å²) in [5, 5.41) is 4.44. The maximum absolute atomic E-state index is 13.0. The number of nitrogens with one attached hydrogen (secondary N) is 1. The van der Waals surface area contributed by atoms with Crippen LogP contribution >= 0.6 is 0 Å². The van der Waals surface area contributed by atoms with Crippen molar-refractivity contribution in [3.63, 3.8) is 0 Å².